The Hall–Kier alpha value is -1.15. The van der Waals surface area contributed by atoms with Gasteiger partial charge >= 0.3 is 0 Å². The standard InChI is InChI=1S/C16H18O2/c1-11-4-5-12-9-13-3-2-6-15(13)7-8-16(10-17,18-15)14(11)12/h7-8,10,13H,1-6,9H2/t13-,15-,16?/m0/s1. The third-order valence-electron chi connectivity index (χ3n) is 5.28. The minimum absolute atomic E-state index is 0.161. The molecule has 18 heavy (non-hydrogen) atoms. The van der Waals surface area contributed by atoms with Crippen molar-refractivity contribution in [3.8, 4) is 0 Å². The van der Waals surface area contributed by atoms with E-state index in [-0.39, 0.29) is 5.60 Å². The highest BCUT2D eigenvalue weighted by Gasteiger charge is 2.56. The lowest BCUT2D eigenvalue weighted by atomic mass is 9.82. The summed E-state index contributed by atoms with van der Waals surface area (Å²) in [7, 11) is 0. The Balaban J connectivity index is 1.92. The van der Waals surface area contributed by atoms with E-state index in [9.17, 15) is 4.79 Å². The normalized spacial score (nSPS) is 45.1. The summed E-state index contributed by atoms with van der Waals surface area (Å²) >= 11 is 0. The minimum atomic E-state index is -0.804. The average Bonchev–Trinajstić information content (AvgIpc) is 3.00. The molecule has 94 valence electrons. The second-order valence-electron chi connectivity index (χ2n) is 6.18. The van der Waals surface area contributed by atoms with Crippen molar-refractivity contribution in [1.82, 2.24) is 0 Å². The molecule has 0 aromatic carbocycles. The molecule has 0 saturated heterocycles. The summed E-state index contributed by atoms with van der Waals surface area (Å²) in [6, 6.07) is 0. The van der Waals surface area contributed by atoms with Crippen molar-refractivity contribution in [3.63, 3.8) is 0 Å². The second-order valence-corrected chi connectivity index (χ2v) is 6.18. The maximum atomic E-state index is 11.7. The largest absolute Gasteiger partial charge is 0.348 e. The Morgan fingerprint density at radius 1 is 1.39 bits per heavy atom. The maximum absolute atomic E-state index is 11.7. The lowest BCUT2D eigenvalue weighted by molar-refractivity contribution is -0.133. The van der Waals surface area contributed by atoms with Crippen LogP contribution >= 0.6 is 0 Å². The van der Waals surface area contributed by atoms with Crippen LogP contribution < -0.4 is 0 Å². The minimum Gasteiger partial charge on any atom is -0.348 e. The van der Waals surface area contributed by atoms with Gasteiger partial charge in [-0.05, 0) is 61.7 Å². The summed E-state index contributed by atoms with van der Waals surface area (Å²) in [4.78, 5) is 11.7. The van der Waals surface area contributed by atoms with Crippen LogP contribution in [0.25, 0.3) is 0 Å². The molecule has 2 heterocycles. The zero-order valence-electron chi connectivity index (χ0n) is 10.6. The third kappa shape index (κ3) is 1.10. The molecule has 2 aliphatic heterocycles. The van der Waals surface area contributed by atoms with Gasteiger partial charge in [-0.1, -0.05) is 18.2 Å². The van der Waals surface area contributed by atoms with E-state index in [2.05, 4.69) is 12.7 Å². The van der Waals surface area contributed by atoms with E-state index >= 15 is 0 Å². The Bertz CT molecular complexity index is 513. The Morgan fingerprint density at radius 3 is 3.11 bits per heavy atom. The summed E-state index contributed by atoms with van der Waals surface area (Å²) in [5.74, 6) is 0.564. The van der Waals surface area contributed by atoms with Gasteiger partial charge in [0, 0.05) is 0 Å². The molecule has 4 rings (SSSR count). The smallest absolute Gasteiger partial charge is 0.168 e. The van der Waals surface area contributed by atoms with Crippen molar-refractivity contribution in [2.75, 3.05) is 0 Å². The van der Waals surface area contributed by atoms with Crippen molar-refractivity contribution in [2.45, 2.75) is 49.7 Å². The van der Waals surface area contributed by atoms with Crippen LogP contribution in [0, 0.1) is 5.92 Å². The van der Waals surface area contributed by atoms with Gasteiger partial charge in [0.2, 0.25) is 0 Å². The molecule has 1 fully saturated rings. The van der Waals surface area contributed by atoms with Gasteiger partial charge in [0.25, 0.3) is 0 Å². The molecule has 2 heteroatoms. The Kier molecular flexibility index (Phi) is 1.93. The van der Waals surface area contributed by atoms with Gasteiger partial charge in [-0.25, -0.2) is 0 Å². The van der Waals surface area contributed by atoms with E-state index < -0.39 is 5.60 Å². The molecule has 0 radical (unpaired) electrons. The van der Waals surface area contributed by atoms with Gasteiger partial charge in [-0.3, -0.25) is 4.79 Å². The van der Waals surface area contributed by atoms with E-state index in [1.54, 1.807) is 0 Å². The number of allylic oxidation sites excluding steroid dienone is 1. The van der Waals surface area contributed by atoms with Crippen LogP contribution in [0.15, 0.2) is 35.5 Å². The molecule has 1 unspecified atom stereocenters. The van der Waals surface area contributed by atoms with E-state index in [1.807, 2.05) is 6.08 Å². The van der Waals surface area contributed by atoms with Crippen LogP contribution in [0.2, 0.25) is 0 Å². The van der Waals surface area contributed by atoms with Crippen molar-refractivity contribution in [2.24, 2.45) is 5.92 Å². The zero-order valence-corrected chi connectivity index (χ0v) is 10.6. The van der Waals surface area contributed by atoms with Gasteiger partial charge in [0.15, 0.2) is 11.9 Å². The lowest BCUT2D eigenvalue weighted by Crippen LogP contribution is -2.40. The van der Waals surface area contributed by atoms with Crippen molar-refractivity contribution in [1.29, 1.82) is 0 Å². The highest BCUT2D eigenvalue weighted by molar-refractivity contribution is 5.78. The Morgan fingerprint density at radius 2 is 2.28 bits per heavy atom. The van der Waals surface area contributed by atoms with Crippen molar-refractivity contribution in [3.05, 3.63) is 35.5 Å². The number of carbonyl (C=O) groups is 1. The lowest BCUT2D eigenvalue weighted by Gasteiger charge is -2.32. The van der Waals surface area contributed by atoms with Gasteiger partial charge in [0.1, 0.15) is 0 Å². The van der Waals surface area contributed by atoms with Gasteiger partial charge in [-0.2, -0.15) is 0 Å². The third-order valence-corrected chi connectivity index (χ3v) is 5.28. The van der Waals surface area contributed by atoms with Gasteiger partial charge < -0.3 is 4.74 Å². The molecule has 0 amide bonds. The van der Waals surface area contributed by atoms with Crippen LogP contribution in [0.4, 0.5) is 0 Å². The molecule has 2 aliphatic carbocycles. The quantitative estimate of drug-likeness (QED) is 0.521. The summed E-state index contributed by atoms with van der Waals surface area (Å²) in [5, 5.41) is 0. The number of carbonyl (C=O) groups excluding carboxylic acids is 1. The number of aldehydes is 1. The van der Waals surface area contributed by atoms with Crippen LogP contribution in [0.3, 0.4) is 0 Å². The molecule has 1 spiro atoms. The SMILES string of the molecule is C=C1CCC2=C1C1(C=O)C=C[C@]3(CCC[C@H]3C2)O1. The molecule has 0 N–H and O–H groups in total. The zero-order chi connectivity index (χ0) is 12.4. The fraction of sp³-hybridized carbons (Fsp3) is 0.562. The van der Waals surface area contributed by atoms with E-state index in [0.29, 0.717) is 5.92 Å². The highest BCUT2D eigenvalue weighted by Crippen LogP contribution is 2.57. The molecule has 0 aromatic rings. The number of rotatable bonds is 1. The molecular formula is C16H18O2. The van der Waals surface area contributed by atoms with E-state index in [4.69, 9.17) is 4.74 Å². The summed E-state index contributed by atoms with van der Waals surface area (Å²) in [5.41, 5.74) is 2.69. The fourth-order valence-corrected chi connectivity index (χ4v) is 4.46. The predicted molar refractivity (Wildman–Crippen MR) is 69.1 cm³/mol. The summed E-state index contributed by atoms with van der Waals surface area (Å²) < 4.78 is 6.36. The fourth-order valence-electron chi connectivity index (χ4n) is 4.46. The first-order valence-electron chi connectivity index (χ1n) is 6.97. The molecule has 1 saturated carbocycles. The van der Waals surface area contributed by atoms with Crippen LogP contribution in [-0.4, -0.2) is 17.5 Å². The first-order chi connectivity index (χ1) is 8.69. The molecule has 0 aromatic heterocycles. The van der Waals surface area contributed by atoms with Gasteiger partial charge in [0.05, 0.1) is 5.60 Å². The number of hydrogen-bond donors (Lipinski definition) is 0. The summed E-state index contributed by atoms with van der Waals surface area (Å²) in [6.45, 7) is 4.15. The van der Waals surface area contributed by atoms with Gasteiger partial charge in [-0.15, -0.1) is 0 Å². The highest BCUT2D eigenvalue weighted by atomic mass is 16.5. The molecule has 4 aliphatic rings. The molecule has 2 bridgehead atoms. The first kappa shape index (κ1) is 10.7. The van der Waals surface area contributed by atoms with E-state index in [1.165, 1.54) is 18.4 Å². The van der Waals surface area contributed by atoms with Crippen LogP contribution in [0.1, 0.15) is 38.5 Å². The van der Waals surface area contributed by atoms with Crippen molar-refractivity contribution < 1.29 is 9.53 Å². The maximum Gasteiger partial charge on any atom is 0.168 e. The summed E-state index contributed by atoms with van der Waals surface area (Å²) in [6.07, 6.45) is 11.9. The molecule has 2 nitrogen and oxygen atoms in total. The van der Waals surface area contributed by atoms with Crippen LogP contribution in [-0.2, 0) is 9.53 Å². The Labute approximate surface area is 107 Å². The van der Waals surface area contributed by atoms with E-state index in [0.717, 1.165) is 43.1 Å². The average molecular weight is 242 g/mol. The predicted octanol–water partition coefficient (Wildman–Crippen LogP) is 3.10. The number of fused-ring (bicyclic) bond motifs is 2. The molecule has 3 atom stereocenters. The monoisotopic (exact) mass is 242 g/mol. The first-order valence-corrected chi connectivity index (χ1v) is 6.97. The topological polar surface area (TPSA) is 26.3 Å². The van der Waals surface area contributed by atoms with Crippen LogP contribution in [0.5, 0.6) is 0 Å². The second kappa shape index (κ2) is 3.24. The number of hydrogen-bond acceptors (Lipinski definition) is 2. The molecular weight excluding hydrogens is 224 g/mol. The van der Waals surface area contributed by atoms with Crippen molar-refractivity contribution >= 4 is 6.29 Å². The number of ether oxygens (including phenoxy) is 1.